The second kappa shape index (κ2) is 7.33. The smallest absolute Gasteiger partial charge is 0.234 e. The molecule has 0 saturated carbocycles. The Hall–Kier alpha value is -1.49. The van der Waals surface area contributed by atoms with Crippen molar-refractivity contribution in [3.8, 4) is 0 Å². The Kier molecular flexibility index (Phi) is 5.47. The van der Waals surface area contributed by atoms with Crippen LogP contribution in [-0.4, -0.2) is 11.7 Å². The van der Waals surface area contributed by atoms with Gasteiger partial charge in [-0.3, -0.25) is 4.79 Å². The van der Waals surface area contributed by atoms with E-state index in [4.69, 9.17) is 17.3 Å². The van der Waals surface area contributed by atoms with Crippen molar-refractivity contribution < 1.29 is 4.79 Å². The van der Waals surface area contributed by atoms with Crippen molar-refractivity contribution in [1.82, 2.24) is 0 Å². The third-order valence-electron chi connectivity index (χ3n) is 2.65. The van der Waals surface area contributed by atoms with Crippen LogP contribution in [0.15, 0.2) is 53.4 Å². The van der Waals surface area contributed by atoms with Gasteiger partial charge in [-0.1, -0.05) is 35.9 Å². The molecule has 0 spiro atoms. The third-order valence-corrected chi connectivity index (χ3v) is 3.98. The summed E-state index contributed by atoms with van der Waals surface area (Å²) in [7, 11) is 0. The van der Waals surface area contributed by atoms with Gasteiger partial charge < -0.3 is 11.1 Å². The summed E-state index contributed by atoms with van der Waals surface area (Å²) in [5.41, 5.74) is 7.28. The number of thioether (sulfide) groups is 1. The maximum Gasteiger partial charge on any atom is 0.234 e. The summed E-state index contributed by atoms with van der Waals surface area (Å²) in [5, 5.41) is 3.33. The quantitative estimate of drug-likeness (QED) is 0.831. The molecule has 0 radical (unpaired) electrons. The van der Waals surface area contributed by atoms with E-state index in [2.05, 4.69) is 5.32 Å². The minimum Gasteiger partial charge on any atom is -0.326 e. The number of rotatable bonds is 5. The minimum atomic E-state index is -0.0822. The maximum atomic E-state index is 11.9. The Bertz CT molecular complexity index is 604. The fourth-order valence-corrected chi connectivity index (χ4v) is 2.62. The molecule has 0 unspecified atom stereocenters. The number of nitrogens with two attached hydrogens (primary N) is 1. The molecule has 2 aromatic rings. The van der Waals surface area contributed by atoms with E-state index in [1.54, 1.807) is 12.1 Å². The lowest BCUT2D eigenvalue weighted by Gasteiger charge is -2.07. The molecule has 0 bridgehead atoms. The first-order valence-electron chi connectivity index (χ1n) is 6.15. The van der Waals surface area contributed by atoms with Crippen LogP contribution in [0.25, 0.3) is 0 Å². The lowest BCUT2D eigenvalue weighted by atomic mass is 10.2. The molecule has 0 fully saturated rings. The van der Waals surface area contributed by atoms with Crippen molar-refractivity contribution in [3.05, 3.63) is 59.1 Å². The predicted molar refractivity (Wildman–Crippen MR) is 85.1 cm³/mol. The van der Waals surface area contributed by atoms with Crippen molar-refractivity contribution in [3.63, 3.8) is 0 Å². The van der Waals surface area contributed by atoms with Crippen LogP contribution in [0.2, 0.25) is 5.02 Å². The highest BCUT2D eigenvalue weighted by Crippen LogP contribution is 2.22. The normalized spacial score (nSPS) is 10.3. The molecule has 3 N–H and O–H groups in total. The summed E-state index contributed by atoms with van der Waals surface area (Å²) >= 11 is 7.46. The average molecular weight is 307 g/mol. The van der Waals surface area contributed by atoms with Gasteiger partial charge in [-0.05, 0) is 29.8 Å². The van der Waals surface area contributed by atoms with Crippen LogP contribution in [0, 0.1) is 0 Å². The SMILES string of the molecule is NCc1cccc(SCC(=O)Nc2ccccc2Cl)c1. The lowest BCUT2D eigenvalue weighted by molar-refractivity contribution is -0.113. The molecule has 3 nitrogen and oxygen atoms in total. The highest BCUT2D eigenvalue weighted by Gasteiger charge is 2.06. The summed E-state index contributed by atoms with van der Waals surface area (Å²) in [6.45, 7) is 0.500. The fourth-order valence-electron chi connectivity index (χ4n) is 1.66. The van der Waals surface area contributed by atoms with E-state index in [1.165, 1.54) is 11.8 Å². The second-order valence-electron chi connectivity index (χ2n) is 4.17. The van der Waals surface area contributed by atoms with Gasteiger partial charge in [0.25, 0.3) is 0 Å². The van der Waals surface area contributed by atoms with E-state index in [0.29, 0.717) is 23.0 Å². The molecular formula is C15H15ClN2OS. The van der Waals surface area contributed by atoms with E-state index >= 15 is 0 Å². The number of hydrogen-bond donors (Lipinski definition) is 2. The summed E-state index contributed by atoms with van der Waals surface area (Å²) in [5.74, 6) is 0.250. The number of halogens is 1. The number of carbonyl (C=O) groups is 1. The summed E-state index contributed by atoms with van der Waals surface area (Å²) in [6.07, 6.45) is 0. The van der Waals surface area contributed by atoms with Gasteiger partial charge >= 0.3 is 0 Å². The second-order valence-corrected chi connectivity index (χ2v) is 5.62. The van der Waals surface area contributed by atoms with Crippen LogP contribution >= 0.6 is 23.4 Å². The molecule has 0 aliphatic rings. The van der Waals surface area contributed by atoms with E-state index < -0.39 is 0 Å². The van der Waals surface area contributed by atoms with Gasteiger partial charge in [0, 0.05) is 11.4 Å². The van der Waals surface area contributed by atoms with Crippen molar-refractivity contribution in [1.29, 1.82) is 0 Å². The standard InChI is InChI=1S/C15H15ClN2OS/c16-13-6-1-2-7-14(13)18-15(19)10-20-12-5-3-4-11(8-12)9-17/h1-8H,9-10,17H2,(H,18,19). The van der Waals surface area contributed by atoms with Gasteiger partial charge in [-0.2, -0.15) is 0 Å². The first-order chi connectivity index (χ1) is 9.69. The molecule has 5 heteroatoms. The lowest BCUT2D eigenvalue weighted by Crippen LogP contribution is -2.14. The van der Waals surface area contributed by atoms with Gasteiger partial charge in [0.05, 0.1) is 16.5 Å². The van der Waals surface area contributed by atoms with Crippen LogP contribution in [0.3, 0.4) is 0 Å². The van der Waals surface area contributed by atoms with Gasteiger partial charge in [0.1, 0.15) is 0 Å². The number of amides is 1. The Morgan fingerprint density at radius 2 is 2.00 bits per heavy atom. The van der Waals surface area contributed by atoms with Crippen molar-refractivity contribution in [2.24, 2.45) is 5.73 Å². The third kappa shape index (κ3) is 4.27. The molecule has 0 atom stereocenters. The van der Waals surface area contributed by atoms with Crippen LogP contribution in [-0.2, 0) is 11.3 Å². The number of benzene rings is 2. The topological polar surface area (TPSA) is 55.1 Å². The van der Waals surface area contributed by atoms with E-state index in [-0.39, 0.29) is 5.91 Å². The molecule has 0 aromatic heterocycles. The number of anilines is 1. The fraction of sp³-hybridized carbons (Fsp3) is 0.133. The molecule has 2 aromatic carbocycles. The summed E-state index contributed by atoms with van der Waals surface area (Å²) < 4.78 is 0. The van der Waals surface area contributed by atoms with Crippen molar-refractivity contribution >= 4 is 35.0 Å². The molecule has 20 heavy (non-hydrogen) atoms. The summed E-state index contributed by atoms with van der Waals surface area (Å²) in [6, 6.07) is 15.0. The molecule has 0 heterocycles. The Morgan fingerprint density at radius 3 is 2.75 bits per heavy atom. The number of para-hydroxylation sites is 1. The monoisotopic (exact) mass is 306 g/mol. The van der Waals surface area contributed by atoms with Crippen LogP contribution in [0.5, 0.6) is 0 Å². The highest BCUT2D eigenvalue weighted by atomic mass is 35.5. The zero-order valence-electron chi connectivity index (χ0n) is 10.8. The van der Waals surface area contributed by atoms with Gasteiger partial charge in [-0.25, -0.2) is 0 Å². The zero-order chi connectivity index (χ0) is 14.4. The Balaban J connectivity index is 1.90. The van der Waals surface area contributed by atoms with Gasteiger partial charge in [-0.15, -0.1) is 11.8 Å². The van der Waals surface area contributed by atoms with Crippen LogP contribution in [0.1, 0.15) is 5.56 Å². The first kappa shape index (κ1) is 14.9. The van der Waals surface area contributed by atoms with Crippen molar-refractivity contribution in [2.75, 3.05) is 11.1 Å². The Morgan fingerprint density at radius 1 is 1.20 bits per heavy atom. The van der Waals surface area contributed by atoms with Crippen LogP contribution < -0.4 is 11.1 Å². The number of nitrogens with one attached hydrogen (secondary N) is 1. The largest absolute Gasteiger partial charge is 0.326 e. The molecular weight excluding hydrogens is 292 g/mol. The van der Waals surface area contributed by atoms with E-state index in [1.807, 2.05) is 36.4 Å². The van der Waals surface area contributed by atoms with E-state index in [0.717, 1.165) is 10.5 Å². The molecule has 2 rings (SSSR count). The minimum absolute atomic E-state index is 0.0822. The highest BCUT2D eigenvalue weighted by molar-refractivity contribution is 8.00. The van der Waals surface area contributed by atoms with Crippen LogP contribution in [0.4, 0.5) is 5.69 Å². The summed E-state index contributed by atoms with van der Waals surface area (Å²) in [4.78, 5) is 12.9. The zero-order valence-corrected chi connectivity index (χ0v) is 12.4. The number of carbonyl (C=O) groups excluding carboxylic acids is 1. The Labute approximate surface area is 127 Å². The van der Waals surface area contributed by atoms with Gasteiger partial charge in [0.2, 0.25) is 5.91 Å². The first-order valence-corrected chi connectivity index (χ1v) is 7.51. The molecule has 0 aliphatic carbocycles. The predicted octanol–water partition coefficient (Wildman–Crippen LogP) is 3.53. The van der Waals surface area contributed by atoms with Gasteiger partial charge in [0.15, 0.2) is 0 Å². The molecule has 104 valence electrons. The molecule has 0 saturated heterocycles. The maximum absolute atomic E-state index is 11.9. The average Bonchev–Trinajstić information content (AvgIpc) is 2.48. The molecule has 1 amide bonds. The molecule has 0 aliphatic heterocycles. The van der Waals surface area contributed by atoms with Crippen molar-refractivity contribution in [2.45, 2.75) is 11.4 Å². The number of hydrogen-bond acceptors (Lipinski definition) is 3. The van der Waals surface area contributed by atoms with E-state index in [9.17, 15) is 4.79 Å².